The molecule has 0 fully saturated rings. The third kappa shape index (κ3) is 3.62. The van der Waals surface area contributed by atoms with Gasteiger partial charge in [0.15, 0.2) is 0 Å². The van der Waals surface area contributed by atoms with Crippen LogP contribution in [0.15, 0.2) is 66.7 Å². The number of amides is 2. The van der Waals surface area contributed by atoms with Gasteiger partial charge in [-0.1, -0.05) is 53.5 Å². The van der Waals surface area contributed by atoms with Gasteiger partial charge in [-0.3, -0.25) is 9.59 Å². The number of hydrogen-bond donors (Lipinski definition) is 2. The maximum Gasteiger partial charge on any atom is 0.257 e. The first kappa shape index (κ1) is 20.3. The average molecular weight is 441 g/mol. The quantitative estimate of drug-likeness (QED) is 0.556. The lowest BCUT2D eigenvalue weighted by atomic mass is 9.98. The fraction of sp³-hybridized carbons (Fsp3) is 0.130. The van der Waals surface area contributed by atoms with E-state index in [4.69, 9.17) is 23.2 Å². The fourth-order valence-electron chi connectivity index (χ4n) is 3.70. The first-order chi connectivity index (χ1) is 14.4. The molecule has 2 amide bonds. The number of phenolic OH excluding ortho intramolecular Hbond substituents is 1. The molecule has 0 radical (unpaired) electrons. The molecular weight excluding hydrogens is 423 g/mol. The molecular formula is C23H18Cl2N2O3. The maximum atomic E-state index is 13.6. The molecule has 3 aromatic rings. The Bertz CT molecular complexity index is 1130. The standard InChI is InChI=1S/C23H18Cl2N2O3/c1-13(14-6-8-15(24)9-7-14)27-21(18-11-10-16(25)12-20(18)28)22(29)26-19-5-3-2-4-17(19)23(27)30/h2-13,21,28H,1H3,(H,26,29)/t13-,21?/m1/s1. The Morgan fingerprint density at radius 1 is 0.967 bits per heavy atom. The number of hydrogen-bond acceptors (Lipinski definition) is 3. The number of phenols is 1. The molecule has 7 heteroatoms. The highest BCUT2D eigenvalue weighted by Gasteiger charge is 2.40. The third-order valence-electron chi connectivity index (χ3n) is 5.23. The number of nitrogens with zero attached hydrogens (tertiary/aromatic N) is 1. The summed E-state index contributed by atoms with van der Waals surface area (Å²) in [6, 6.07) is 16.9. The SMILES string of the molecule is C[C@H](c1ccc(Cl)cc1)N1C(=O)c2ccccc2NC(=O)C1c1ccc(Cl)cc1O. The summed E-state index contributed by atoms with van der Waals surface area (Å²) >= 11 is 12.0. The summed E-state index contributed by atoms with van der Waals surface area (Å²) in [4.78, 5) is 28.4. The molecule has 0 spiro atoms. The van der Waals surface area contributed by atoms with Crippen molar-refractivity contribution in [1.82, 2.24) is 4.90 Å². The summed E-state index contributed by atoms with van der Waals surface area (Å²) in [7, 11) is 0. The Morgan fingerprint density at radius 3 is 2.33 bits per heavy atom. The van der Waals surface area contributed by atoms with Crippen molar-refractivity contribution in [2.24, 2.45) is 0 Å². The molecule has 0 aliphatic carbocycles. The van der Waals surface area contributed by atoms with E-state index in [2.05, 4.69) is 5.32 Å². The zero-order valence-corrected chi connectivity index (χ0v) is 17.5. The Balaban J connectivity index is 1.90. The summed E-state index contributed by atoms with van der Waals surface area (Å²) in [6.07, 6.45) is 0. The molecule has 0 bridgehead atoms. The Hall–Kier alpha value is -3.02. The largest absolute Gasteiger partial charge is 0.508 e. The van der Waals surface area contributed by atoms with E-state index >= 15 is 0 Å². The monoisotopic (exact) mass is 440 g/mol. The molecule has 2 atom stereocenters. The molecule has 4 rings (SSSR count). The highest BCUT2D eigenvalue weighted by Crippen LogP contribution is 2.40. The van der Waals surface area contributed by atoms with Crippen LogP contribution in [-0.2, 0) is 4.79 Å². The first-order valence-corrected chi connectivity index (χ1v) is 10.1. The number of carbonyl (C=O) groups is 2. The van der Waals surface area contributed by atoms with Gasteiger partial charge in [-0.25, -0.2) is 0 Å². The topological polar surface area (TPSA) is 69.6 Å². The van der Waals surface area contributed by atoms with Gasteiger partial charge in [0.1, 0.15) is 11.8 Å². The number of para-hydroxylation sites is 1. The number of fused-ring (bicyclic) bond motifs is 1. The third-order valence-corrected chi connectivity index (χ3v) is 5.72. The minimum atomic E-state index is -1.06. The van der Waals surface area contributed by atoms with Gasteiger partial charge in [-0.15, -0.1) is 0 Å². The molecule has 1 aliphatic heterocycles. The van der Waals surface area contributed by atoms with Gasteiger partial charge in [0, 0.05) is 15.6 Å². The van der Waals surface area contributed by atoms with Crippen molar-refractivity contribution >= 4 is 40.7 Å². The number of benzene rings is 3. The van der Waals surface area contributed by atoms with Crippen molar-refractivity contribution < 1.29 is 14.7 Å². The minimum Gasteiger partial charge on any atom is -0.508 e. The minimum absolute atomic E-state index is 0.158. The van der Waals surface area contributed by atoms with Crippen LogP contribution in [0.4, 0.5) is 5.69 Å². The van der Waals surface area contributed by atoms with E-state index in [1.165, 1.54) is 11.0 Å². The van der Waals surface area contributed by atoms with Crippen LogP contribution in [0.3, 0.4) is 0 Å². The zero-order valence-electron chi connectivity index (χ0n) is 16.0. The highest BCUT2D eigenvalue weighted by atomic mass is 35.5. The van der Waals surface area contributed by atoms with Crippen LogP contribution in [0.1, 0.15) is 40.5 Å². The van der Waals surface area contributed by atoms with Gasteiger partial charge in [-0.2, -0.15) is 0 Å². The van der Waals surface area contributed by atoms with E-state index in [1.54, 1.807) is 48.5 Å². The predicted octanol–water partition coefficient (Wildman–Crippen LogP) is 5.60. The van der Waals surface area contributed by atoms with Crippen molar-refractivity contribution in [2.75, 3.05) is 5.32 Å². The second-order valence-electron chi connectivity index (χ2n) is 7.08. The number of aromatic hydroxyl groups is 1. The average Bonchev–Trinajstić information content (AvgIpc) is 2.83. The number of halogens is 2. The molecule has 5 nitrogen and oxygen atoms in total. The van der Waals surface area contributed by atoms with E-state index in [1.807, 2.05) is 19.1 Å². The van der Waals surface area contributed by atoms with Gasteiger partial charge in [0.25, 0.3) is 11.8 Å². The van der Waals surface area contributed by atoms with Crippen molar-refractivity contribution in [3.05, 3.63) is 93.5 Å². The van der Waals surface area contributed by atoms with Crippen LogP contribution >= 0.6 is 23.2 Å². The molecule has 1 aliphatic rings. The first-order valence-electron chi connectivity index (χ1n) is 9.33. The summed E-state index contributed by atoms with van der Waals surface area (Å²) in [6.45, 7) is 1.84. The van der Waals surface area contributed by atoms with Gasteiger partial charge < -0.3 is 15.3 Å². The van der Waals surface area contributed by atoms with Crippen LogP contribution in [0.25, 0.3) is 0 Å². The second-order valence-corrected chi connectivity index (χ2v) is 7.95. The van der Waals surface area contributed by atoms with Gasteiger partial charge >= 0.3 is 0 Å². The molecule has 30 heavy (non-hydrogen) atoms. The number of rotatable bonds is 3. The van der Waals surface area contributed by atoms with E-state index in [9.17, 15) is 14.7 Å². The number of anilines is 1. The van der Waals surface area contributed by atoms with Crippen molar-refractivity contribution in [2.45, 2.75) is 19.0 Å². The smallest absolute Gasteiger partial charge is 0.257 e. The van der Waals surface area contributed by atoms with E-state index < -0.39 is 18.0 Å². The van der Waals surface area contributed by atoms with Crippen LogP contribution in [-0.4, -0.2) is 21.8 Å². The lowest BCUT2D eigenvalue weighted by molar-refractivity contribution is -0.121. The molecule has 0 saturated carbocycles. The molecule has 1 heterocycles. The summed E-state index contributed by atoms with van der Waals surface area (Å²) in [5, 5.41) is 14.3. The Kier molecular flexibility index (Phi) is 5.41. The molecule has 3 aromatic carbocycles. The maximum absolute atomic E-state index is 13.6. The van der Waals surface area contributed by atoms with Gasteiger partial charge in [0.05, 0.1) is 17.3 Å². The van der Waals surface area contributed by atoms with Gasteiger partial charge in [-0.05, 0) is 48.9 Å². The van der Waals surface area contributed by atoms with Crippen molar-refractivity contribution in [3.63, 3.8) is 0 Å². The molecule has 2 N–H and O–H groups in total. The molecule has 0 aromatic heterocycles. The highest BCUT2D eigenvalue weighted by molar-refractivity contribution is 6.31. The summed E-state index contributed by atoms with van der Waals surface area (Å²) in [5.41, 5.74) is 1.90. The number of carbonyl (C=O) groups excluding carboxylic acids is 2. The van der Waals surface area contributed by atoms with E-state index in [-0.39, 0.29) is 11.7 Å². The van der Waals surface area contributed by atoms with E-state index in [0.29, 0.717) is 26.9 Å². The van der Waals surface area contributed by atoms with Crippen LogP contribution < -0.4 is 5.32 Å². The Morgan fingerprint density at radius 2 is 1.63 bits per heavy atom. The number of nitrogens with one attached hydrogen (secondary N) is 1. The fourth-order valence-corrected chi connectivity index (χ4v) is 4.00. The summed E-state index contributed by atoms with van der Waals surface area (Å²) in [5.74, 6) is -0.910. The van der Waals surface area contributed by atoms with Crippen LogP contribution in [0.5, 0.6) is 5.75 Å². The van der Waals surface area contributed by atoms with Crippen molar-refractivity contribution in [3.8, 4) is 5.75 Å². The normalized spacial score (nSPS) is 17.2. The van der Waals surface area contributed by atoms with Crippen LogP contribution in [0.2, 0.25) is 10.0 Å². The second kappa shape index (κ2) is 8.01. The summed E-state index contributed by atoms with van der Waals surface area (Å²) < 4.78 is 0. The van der Waals surface area contributed by atoms with Gasteiger partial charge in [0.2, 0.25) is 0 Å². The van der Waals surface area contributed by atoms with Crippen molar-refractivity contribution in [1.29, 1.82) is 0 Å². The Labute approximate surface area is 183 Å². The lowest BCUT2D eigenvalue weighted by Gasteiger charge is -2.35. The van der Waals surface area contributed by atoms with E-state index in [0.717, 1.165) is 5.56 Å². The molecule has 152 valence electrons. The predicted molar refractivity (Wildman–Crippen MR) is 117 cm³/mol. The van der Waals surface area contributed by atoms with Crippen LogP contribution in [0, 0.1) is 0 Å². The molecule has 0 saturated heterocycles. The lowest BCUT2D eigenvalue weighted by Crippen LogP contribution is -2.40. The molecule has 1 unspecified atom stereocenters. The zero-order chi connectivity index (χ0) is 21.4.